The van der Waals surface area contributed by atoms with Crippen molar-refractivity contribution in [2.45, 2.75) is 6.54 Å². The van der Waals surface area contributed by atoms with Crippen LogP contribution in [-0.4, -0.2) is 10.4 Å². The average Bonchev–Trinajstić information content (AvgIpc) is 3.60. The van der Waals surface area contributed by atoms with E-state index in [1.165, 1.54) is 53.1 Å². The minimum atomic E-state index is 0.540. The maximum Gasteiger partial charge on any atom is 0.126 e. The highest BCUT2D eigenvalue weighted by Crippen LogP contribution is 2.44. The molecule has 0 amide bonds. The summed E-state index contributed by atoms with van der Waals surface area (Å²) in [6, 6.07) is 49.4. The molecule has 0 spiro atoms. The molecule has 0 aliphatic carbocycles. The monoisotopic (exact) mass is 557 g/mol. The lowest BCUT2D eigenvalue weighted by Crippen LogP contribution is -2.14. The number of fused-ring (bicyclic) bond motifs is 6. The van der Waals surface area contributed by atoms with Crippen LogP contribution < -0.4 is 5.73 Å². The van der Waals surface area contributed by atoms with Crippen molar-refractivity contribution in [1.29, 1.82) is 0 Å². The number of aromatic nitrogens is 1. The van der Waals surface area contributed by atoms with Crippen LogP contribution in [0.15, 0.2) is 145 Å². The standard InChI is InChI=1S/C38H27N3S/c39-38(40-24-25-11-2-1-3-12-25)26-13-8-14-27(23-26)41-33-20-6-4-16-32(33)36-29(17-10-21-34(36)41)31-19-9-18-30-28-15-5-7-22-35(28)42-37(30)31/h1-23H,24H2,(H2,39,40). The van der Waals surface area contributed by atoms with Crippen molar-refractivity contribution in [3.8, 4) is 16.8 Å². The van der Waals surface area contributed by atoms with Gasteiger partial charge in [-0.05, 0) is 41.5 Å². The Kier molecular flexibility index (Phi) is 5.87. The molecule has 3 nitrogen and oxygen atoms in total. The first kappa shape index (κ1) is 24.6. The number of nitrogens with two attached hydrogens (primary N) is 1. The van der Waals surface area contributed by atoms with Gasteiger partial charge in [-0.3, -0.25) is 4.99 Å². The normalized spacial score (nSPS) is 12.1. The molecule has 0 unspecified atom stereocenters. The van der Waals surface area contributed by atoms with Gasteiger partial charge in [0.15, 0.2) is 0 Å². The molecule has 0 bridgehead atoms. The smallest absolute Gasteiger partial charge is 0.126 e. The van der Waals surface area contributed by atoms with E-state index < -0.39 is 0 Å². The Labute approximate surface area is 247 Å². The molecule has 0 saturated carbocycles. The summed E-state index contributed by atoms with van der Waals surface area (Å²) in [5.74, 6) is 0.540. The molecule has 8 rings (SSSR count). The molecule has 2 heterocycles. The van der Waals surface area contributed by atoms with Crippen LogP contribution in [0, 0.1) is 0 Å². The Hall–Kier alpha value is -5.19. The fraction of sp³-hybridized carbons (Fsp3) is 0.0263. The van der Waals surface area contributed by atoms with Crippen molar-refractivity contribution in [3.63, 3.8) is 0 Å². The minimum Gasteiger partial charge on any atom is -0.383 e. The van der Waals surface area contributed by atoms with E-state index in [1.807, 2.05) is 35.6 Å². The summed E-state index contributed by atoms with van der Waals surface area (Å²) in [4.78, 5) is 4.70. The van der Waals surface area contributed by atoms with Crippen LogP contribution in [0.25, 0.3) is 58.8 Å². The van der Waals surface area contributed by atoms with Gasteiger partial charge < -0.3 is 10.3 Å². The second-order valence-corrected chi connectivity index (χ2v) is 11.6. The van der Waals surface area contributed by atoms with Gasteiger partial charge in [0.05, 0.1) is 17.6 Å². The van der Waals surface area contributed by atoms with Crippen molar-refractivity contribution in [3.05, 3.63) is 151 Å². The van der Waals surface area contributed by atoms with E-state index in [-0.39, 0.29) is 0 Å². The molecule has 2 aromatic heterocycles. The van der Waals surface area contributed by atoms with E-state index in [0.29, 0.717) is 12.4 Å². The van der Waals surface area contributed by atoms with Gasteiger partial charge in [0.1, 0.15) is 5.84 Å². The van der Waals surface area contributed by atoms with Crippen LogP contribution in [0.1, 0.15) is 11.1 Å². The number of hydrogen-bond acceptors (Lipinski definition) is 2. The first-order chi connectivity index (χ1) is 20.8. The summed E-state index contributed by atoms with van der Waals surface area (Å²) in [5, 5.41) is 5.12. The second-order valence-electron chi connectivity index (χ2n) is 10.6. The zero-order valence-electron chi connectivity index (χ0n) is 22.9. The third kappa shape index (κ3) is 3.99. The summed E-state index contributed by atoms with van der Waals surface area (Å²) in [5.41, 5.74) is 14.5. The zero-order chi connectivity index (χ0) is 28.0. The van der Waals surface area contributed by atoms with Gasteiger partial charge in [-0.15, -0.1) is 11.3 Å². The highest BCUT2D eigenvalue weighted by Gasteiger charge is 2.18. The topological polar surface area (TPSA) is 43.3 Å². The molecule has 0 saturated heterocycles. The van der Waals surface area contributed by atoms with Crippen LogP contribution in [0.5, 0.6) is 0 Å². The third-order valence-electron chi connectivity index (χ3n) is 8.07. The number of hydrogen-bond donors (Lipinski definition) is 1. The van der Waals surface area contributed by atoms with Crippen molar-refractivity contribution < 1.29 is 0 Å². The molecule has 0 radical (unpaired) electrons. The Balaban J connectivity index is 1.32. The van der Waals surface area contributed by atoms with Crippen LogP contribution >= 0.6 is 11.3 Å². The van der Waals surface area contributed by atoms with Gasteiger partial charge in [-0.25, -0.2) is 0 Å². The molecule has 0 aliphatic rings. The number of para-hydroxylation sites is 1. The quantitative estimate of drug-likeness (QED) is 0.166. The molecular formula is C38H27N3S. The lowest BCUT2D eigenvalue weighted by atomic mass is 9.98. The van der Waals surface area contributed by atoms with E-state index in [4.69, 9.17) is 10.7 Å². The molecule has 4 heteroatoms. The molecular weight excluding hydrogens is 531 g/mol. The molecule has 200 valence electrons. The van der Waals surface area contributed by atoms with Crippen molar-refractivity contribution in [1.82, 2.24) is 4.57 Å². The van der Waals surface area contributed by atoms with E-state index in [2.05, 4.69) is 120 Å². The Morgan fingerprint density at radius 2 is 1.31 bits per heavy atom. The Morgan fingerprint density at radius 1 is 0.619 bits per heavy atom. The summed E-state index contributed by atoms with van der Waals surface area (Å²) in [6.07, 6.45) is 0. The van der Waals surface area contributed by atoms with Gasteiger partial charge in [-0.1, -0.05) is 109 Å². The lowest BCUT2D eigenvalue weighted by Gasteiger charge is -2.11. The number of thiophene rings is 1. The number of benzene rings is 6. The van der Waals surface area contributed by atoms with Crippen LogP contribution in [0.4, 0.5) is 0 Å². The number of nitrogens with zero attached hydrogens (tertiary/aromatic N) is 2. The number of amidine groups is 1. The van der Waals surface area contributed by atoms with Crippen LogP contribution in [-0.2, 0) is 6.54 Å². The van der Waals surface area contributed by atoms with Crippen LogP contribution in [0.2, 0.25) is 0 Å². The second kappa shape index (κ2) is 10.0. The van der Waals surface area contributed by atoms with Gasteiger partial charge in [0.2, 0.25) is 0 Å². The predicted octanol–water partition coefficient (Wildman–Crippen LogP) is 9.72. The van der Waals surface area contributed by atoms with E-state index in [9.17, 15) is 0 Å². The fourth-order valence-corrected chi connectivity index (χ4v) is 7.37. The molecule has 0 aliphatic heterocycles. The highest BCUT2D eigenvalue weighted by atomic mass is 32.1. The fourth-order valence-electron chi connectivity index (χ4n) is 6.14. The first-order valence-corrected chi connectivity index (χ1v) is 15.0. The molecule has 8 aromatic rings. The summed E-state index contributed by atoms with van der Waals surface area (Å²) >= 11 is 1.87. The lowest BCUT2D eigenvalue weighted by molar-refractivity contribution is 1.06. The molecule has 0 fully saturated rings. The largest absolute Gasteiger partial charge is 0.383 e. The SMILES string of the molecule is NC(=NCc1ccccc1)c1cccc(-n2c3ccccc3c3c(-c4cccc5c4sc4ccccc45)cccc32)c1. The van der Waals surface area contributed by atoms with Crippen LogP contribution in [0.3, 0.4) is 0 Å². The van der Waals surface area contributed by atoms with Crippen molar-refractivity contribution in [2.75, 3.05) is 0 Å². The average molecular weight is 558 g/mol. The molecule has 6 aromatic carbocycles. The Bertz CT molecular complexity index is 2290. The van der Waals surface area contributed by atoms with Gasteiger partial charge in [-0.2, -0.15) is 0 Å². The molecule has 2 N–H and O–H groups in total. The third-order valence-corrected chi connectivity index (χ3v) is 9.29. The predicted molar refractivity (Wildman–Crippen MR) is 180 cm³/mol. The molecule has 42 heavy (non-hydrogen) atoms. The van der Waals surface area contributed by atoms with Crippen molar-refractivity contribution >= 4 is 59.2 Å². The minimum absolute atomic E-state index is 0.540. The maximum atomic E-state index is 6.52. The van der Waals surface area contributed by atoms with Gasteiger partial charge >= 0.3 is 0 Å². The van der Waals surface area contributed by atoms with Gasteiger partial charge in [0.25, 0.3) is 0 Å². The zero-order valence-corrected chi connectivity index (χ0v) is 23.7. The Morgan fingerprint density at radius 3 is 2.21 bits per heavy atom. The van der Waals surface area contributed by atoms with E-state index >= 15 is 0 Å². The van der Waals surface area contributed by atoms with Crippen molar-refractivity contribution in [2.24, 2.45) is 10.7 Å². The van der Waals surface area contributed by atoms with Gasteiger partial charge in [0, 0.05) is 47.8 Å². The summed E-state index contributed by atoms with van der Waals surface area (Å²) < 4.78 is 5.00. The van der Waals surface area contributed by atoms with E-state index in [0.717, 1.165) is 16.8 Å². The summed E-state index contributed by atoms with van der Waals surface area (Å²) in [7, 11) is 0. The number of rotatable bonds is 5. The number of aliphatic imine (C=N–C) groups is 1. The maximum absolute atomic E-state index is 6.52. The first-order valence-electron chi connectivity index (χ1n) is 14.1. The van der Waals surface area contributed by atoms with E-state index in [1.54, 1.807) is 0 Å². The highest BCUT2D eigenvalue weighted by molar-refractivity contribution is 7.26. The summed E-state index contributed by atoms with van der Waals surface area (Å²) in [6.45, 7) is 0.554. The molecule has 0 atom stereocenters.